The van der Waals surface area contributed by atoms with Gasteiger partial charge in [-0.15, -0.1) is 0 Å². The molecule has 1 heterocycles. The topological polar surface area (TPSA) is 77.5 Å². The number of benzene rings is 2. The van der Waals surface area contributed by atoms with Crippen LogP contribution in [-0.4, -0.2) is 76.2 Å². The number of fused-ring (bicyclic) bond motifs is 2. The number of aryl methyl sites for hydroxylation is 2. The first-order valence-electron chi connectivity index (χ1n) is 14.8. The SMILES string of the molecule is COc1cc2c(cc1OC)CCC(C=CC(=O)N1CCCN(C(=O)C=CC3=Cc4cc(OC)c(OC)cc4CC3)CC1)=C2. The van der Waals surface area contributed by atoms with Gasteiger partial charge in [0.25, 0.3) is 0 Å². The van der Waals surface area contributed by atoms with Crippen molar-refractivity contribution in [1.29, 1.82) is 0 Å². The zero-order valence-electron chi connectivity index (χ0n) is 25.5. The average molecular weight is 585 g/mol. The third-order valence-electron chi connectivity index (χ3n) is 8.34. The molecule has 2 aromatic carbocycles. The molecule has 0 aromatic heterocycles. The maximum atomic E-state index is 13.1. The van der Waals surface area contributed by atoms with Crippen molar-refractivity contribution in [2.75, 3.05) is 54.6 Å². The van der Waals surface area contributed by atoms with E-state index < -0.39 is 0 Å². The third-order valence-corrected chi connectivity index (χ3v) is 8.34. The Kier molecular flexibility index (Phi) is 9.55. The summed E-state index contributed by atoms with van der Waals surface area (Å²) in [5.74, 6) is 2.79. The lowest BCUT2D eigenvalue weighted by Crippen LogP contribution is -2.36. The predicted octanol–water partition coefficient (Wildman–Crippen LogP) is 5.25. The summed E-state index contributed by atoms with van der Waals surface area (Å²) < 4.78 is 21.8. The molecule has 1 saturated heterocycles. The van der Waals surface area contributed by atoms with Crippen molar-refractivity contribution in [3.63, 3.8) is 0 Å². The minimum atomic E-state index is -0.0260. The van der Waals surface area contributed by atoms with Crippen LogP contribution in [0, 0.1) is 0 Å². The molecule has 0 radical (unpaired) electrons. The largest absolute Gasteiger partial charge is 0.493 e. The van der Waals surface area contributed by atoms with Gasteiger partial charge in [-0.3, -0.25) is 9.59 Å². The molecular formula is C35H40N2O6. The standard InChI is InChI=1S/C35H40N2O6/c1-40-30-20-26-10-6-24(18-28(26)22-32(30)42-3)8-12-34(38)36-14-5-15-37(17-16-36)35(39)13-9-25-7-11-27-21-31(41-2)33(43-4)23-29(27)19-25/h8-9,12-13,18-23H,5-7,10-11,14-17H2,1-4H3. The quantitative estimate of drug-likeness (QED) is 0.395. The number of carbonyl (C=O) groups is 2. The number of hydrogen-bond donors (Lipinski definition) is 0. The molecule has 2 amide bonds. The number of methoxy groups -OCH3 is 4. The van der Waals surface area contributed by atoms with Crippen LogP contribution >= 0.6 is 0 Å². The first-order chi connectivity index (χ1) is 20.9. The summed E-state index contributed by atoms with van der Waals surface area (Å²) in [6.07, 6.45) is 15.6. The Morgan fingerprint density at radius 1 is 0.581 bits per heavy atom. The van der Waals surface area contributed by atoms with Crippen LogP contribution in [0.5, 0.6) is 23.0 Å². The Labute approximate surface area is 253 Å². The van der Waals surface area contributed by atoms with Crippen LogP contribution in [0.1, 0.15) is 41.5 Å². The highest BCUT2D eigenvalue weighted by atomic mass is 16.5. The molecule has 8 heteroatoms. The number of nitrogens with zero attached hydrogens (tertiary/aromatic N) is 2. The van der Waals surface area contributed by atoms with Gasteiger partial charge in [0.05, 0.1) is 28.4 Å². The Hall–Kier alpha value is -4.46. The summed E-state index contributed by atoms with van der Waals surface area (Å²) in [5, 5.41) is 0. The Bertz CT molecular complexity index is 1390. The number of allylic oxidation sites excluding steroid dienone is 4. The molecule has 0 atom stereocenters. The van der Waals surface area contributed by atoms with E-state index in [4.69, 9.17) is 18.9 Å². The number of amides is 2. The molecule has 0 N–H and O–H groups in total. The van der Waals surface area contributed by atoms with Crippen molar-refractivity contribution in [3.8, 4) is 23.0 Å². The van der Waals surface area contributed by atoms with E-state index in [-0.39, 0.29) is 11.8 Å². The first kappa shape index (κ1) is 30.0. The number of carbonyl (C=O) groups excluding carboxylic acids is 2. The third kappa shape index (κ3) is 6.96. The molecule has 2 aliphatic carbocycles. The van der Waals surface area contributed by atoms with Gasteiger partial charge < -0.3 is 28.7 Å². The smallest absolute Gasteiger partial charge is 0.246 e. The van der Waals surface area contributed by atoms with Crippen molar-refractivity contribution in [2.24, 2.45) is 0 Å². The molecule has 0 unspecified atom stereocenters. The van der Waals surface area contributed by atoms with Crippen molar-refractivity contribution < 1.29 is 28.5 Å². The van der Waals surface area contributed by atoms with Crippen LogP contribution in [0.4, 0.5) is 0 Å². The van der Waals surface area contributed by atoms with Crippen LogP contribution < -0.4 is 18.9 Å². The minimum absolute atomic E-state index is 0.0260. The lowest BCUT2D eigenvalue weighted by atomic mass is 9.91. The van der Waals surface area contributed by atoms with Crippen LogP contribution in [0.25, 0.3) is 12.2 Å². The molecule has 0 bridgehead atoms. The predicted molar refractivity (Wildman–Crippen MR) is 168 cm³/mol. The molecule has 226 valence electrons. The van der Waals surface area contributed by atoms with E-state index in [2.05, 4.69) is 12.2 Å². The molecule has 0 spiro atoms. The maximum absolute atomic E-state index is 13.1. The highest BCUT2D eigenvalue weighted by Crippen LogP contribution is 2.36. The van der Waals surface area contributed by atoms with Crippen LogP contribution in [0.2, 0.25) is 0 Å². The van der Waals surface area contributed by atoms with Gasteiger partial charge in [0.2, 0.25) is 11.8 Å². The fourth-order valence-corrected chi connectivity index (χ4v) is 5.87. The molecule has 2 aromatic rings. The van der Waals surface area contributed by atoms with E-state index in [1.165, 1.54) is 11.1 Å². The second-order valence-corrected chi connectivity index (χ2v) is 10.9. The van der Waals surface area contributed by atoms with Gasteiger partial charge in [-0.1, -0.05) is 24.3 Å². The van der Waals surface area contributed by atoms with Crippen molar-refractivity contribution in [3.05, 3.63) is 82.0 Å². The molecule has 1 fully saturated rings. The van der Waals surface area contributed by atoms with E-state index in [1.54, 1.807) is 40.6 Å². The Morgan fingerprint density at radius 3 is 1.37 bits per heavy atom. The summed E-state index contributed by atoms with van der Waals surface area (Å²) in [6.45, 7) is 2.28. The highest BCUT2D eigenvalue weighted by Gasteiger charge is 2.21. The lowest BCUT2D eigenvalue weighted by molar-refractivity contribution is -0.128. The molecule has 3 aliphatic rings. The van der Waals surface area contributed by atoms with Gasteiger partial charge >= 0.3 is 0 Å². The highest BCUT2D eigenvalue weighted by molar-refractivity contribution is 5.90. The lowest BCUT2D eigenvalue weighted by Gasteiger charge is -2.21. The van der Waals surface area contributed by atoms with Gasteiger partial charge in [0, 0.05) is 38.3 Å². The fraction of sp³-hybridized carbons (Fsp3) is 0.371. The van der Waals surface area contributed by atoms with Crippen molar-refractivity contribution in [2.45, 2.75) is 32.1 Å². The van der Waals surface area contributed by atoms with E-state index >= 15 is 0 Å². The fourth-order valence-electron chi connectivity index (χ4n) is 5.87. The van der Waals surface area contributed by atoms with Crippen LogP contribution in [-0.2, 0) is 22.4 Å². The molecule has 1 aliphatic heterocycles. The summed E-state index contributed by atoms with van der Waals surface area (Å²) in [6, 6.07) is 8.01. The molecule has 8 nitrogen and oxygen atoms in total. The zero-order valence-corrected chi connectivity index (χ0v) is 25.5. The normalized spacial score (nSPS) is 16.7. The van der Waals surface area contributed by atoms with Gasteiger partial charge in [0.15, 0.2) is 23.0 Å². The number of hydrogen-bond acceptors (Lipinski definition) is 6. The van der Waals surface area contributed by atoms with Crippen molar-refractivity contribution in [1.82, 2.24) is 9.80 Å². The van der Waals surface area contributed by atoms with Crippen LogP contribution in [0.3, 0.4) is 0 Å². The molecular weight excluding hydrogens is 544 g/mol. The zero-order chi connectivity index (χ0) is 30.3. The molecule has 43 heavy (non-hydrogen) atoms. The van der Waals surface area contributed by atoms with E-state index in [9.17, 15) is 9.59 Å². The van der Waals surface area contributed by atoms with E-state index in [0.717, 1.165) is 65.9 Å². The van der Waals surface area contributed by atoms with Crippen molar-refractivity contribution >= 4 is 24.0 Å². The van der Waals surface area contributed by atoms with E-state index in [0.29, 0.717) is 37.7 Å². The van der Waals surface area contributed by atoms with Gasteiger partial charge in [-0.25, -0.2) is 0 Å². The molecule has 0 saturated carbocycles. The van der Waals surface area contributed by atoms with Gasteiger partial charge in [-0.2, -0.15) is 0 Å². The monoisotopic (exact) mass is 584 g/mol. The second-order valence-electron chi connectivity index (χ2n) is 10.9. The first-order valence-corrected chi connectivity index (χ1v) is 14.8. The summed E-state index contributed by atoms with van der Waals surface area (Å²) in [5.41, 5.74) is 6.78. The van der Waals surface area contributed by atoms with Crippen LogP contribution in [0.15, 0.2) is 59.7 Å². The summed E-state index contributed by atoms with van der Waals surface area (Å²) in [4.78, 5) is 29.8. The Balaban J connectivity index is 1.17. The Morgan fingerprint density at radius 2 is 0.977 bits per heavy atom. The minimum Gasteiger partial charge on any atom is -0.493 e. The van der Waals surface area contributed by atoms with Gasteiger partial charge in [0.1, 0.15) is 0 Å². The maximum Gasteiger partial charge on any atom is 0.246 e. The average Bonchev–Trinajstić information content (AvgIpc) is 3.31. The van der Waals surface area contributed by atoms with Gasteiger partial charge in [-0.05, 0) is 89.8 Å². The molecule has 5 rings (SSSR count). The number of rotatable bonds is 8. The number of ether oxygens (including phenoxy) is 4. The summed E-state index contributed by atoms with van der Waals surface area (Å²) in [7, 11) is 6.54. The van der Waals surface area contributed by atoms with E-state index in [1.807, 2.05) is 46.2 Å². The second kappa shape index (κ2) is 13.7. The summed E-state index contributed by atoms with van der Waals surface area (Å²) >= 11 is 0.